The predicted octanol–water partition coefficient (Wildman–Crippen LogP) is 3.83. The maximum Gasteiger partial charge on any atom is 0.227 e. The highest BCUT2D eigenvalue weighted by Gasteiger charge is 2.26. The van der Waals surface area contributed by atoms with Crippen molar-refractivity contribution in [2.45, 2.75) is 36.9 Å². The van der Waals surface area contributed by atoms with Crippen molar-refractivity contribution in [1.82, 2.24) is 0 Å². The molecule has 0 saturated heterocycles. The van der Waals surface area contributed by atoms with E-state index in [0.717, 1.165) is 18.0 Å². The highest BCUT2D eigenvalue weighted by molar-refractivity contribution is 9.09. The van der Waals surface area contributed by atoms with Crippen molar-refractivity contribution in [2.24, 2.45) is 5.92 Å². The van der Waals surface area contributed by atoms with Gasteiger partial charge in [0.1, 0.15) is 0 Å². The van der Waals surface area contributed by atoms with E-state index in [0.29, 0.717) is 11.2 Å². The normalized spacial score (nSPS) is 20.8. The van der Waals surface area contributed by atoms with E-state index in [-0.39, 0.29) is 5.91 Å². The molecule has 0 spiro atoms. The molecule has 1 atom stereocenters. The highest BCUT2D eigenvalue weighted by Crippen LogP contribution is 2.42. The van der Waals surface area contributed by atoms with Crippen molar-refractivity contribution >= 4 is 27.5 Å². The summed E-state index contributed by atoms with van der Waals surface area (Å²) in [4.78, 5) is 13.9. The molecule has 96 valence electrons. The lowest BCUT2D eigenvalue weighted by molar-refractivity contribution is -0.118. The fourth-order valence-corrected chi connectivity index (χ4v) is 3.47. The first-order valence-electron chi connectivity index (χ1n) is 6.68. The molecule has 2 nitrogen and oxygen atoms in total. The number of fused-ring (bicyclic) bond motifs is 1. The van der Waals surface area contributed by atoms with Crippen LogP contribution in [0.15, 0.2) is 18.2 Å². The summed E-state index contributed by atoms with van der Waals surface area (Å²) in [5.74, 6) is 1.15. The lowest BCUT2D eigenvalue weighted by atomic mass is 9.97. The molecule has 3 heteroatoms. The van der Waals surface area contributed by atoms with Gasteiger partial charge in [0.25, 0.3) is 0 Å². The van der Waals surface area contributed by atoms with E-state index >= 15 is 0 Å². The number of alkyl halides is 1. The van der Waals surface area contributed by atoms with Crippen molar-refractivity contribution in [3.63, 3.8) is 0 Å². The third-order valence-corrected chi connectivity index (χ3v) is 4.95. The zero-order valence-corrected chi connectivity index (χ0v) is 12.2. The number of amides is 1. The molecule has 1 aliphatic carbocycles. The van der Waals surface area contributed by atoms with Gasteiger partial charge >= 0.3 is 0 Å². The Balaban J connectivity index is 1.83. The first-order valence-corrected chi connectivity index (χ1v) is 7.60. The van der Waals surface area contributed by atoms with Crippen LogP contribution in [0, 0.1) is 5.92 Å². The van der Waals surface area contributed by atoms with Gasteiger partial charge in [-0.1, -0.05) is 40.9 Å². The summed E-state index contributed by atoms with van der Waals surface area (Å²) in [6.45, 7) is 0. The van der Waals surface area contributed by atoms with E-state index in [1.807, 2.05) is 7.05 Å². The van der Waals surface area contributed by atoms with Gasteiger partial charge < -0.3 is 4.90 Å². The number of aryl methyl sites for hydroxylation is 1. The number of halogens is 1. The Hall–Kier alpha value is -0.830. The minimum Gasteiger partial charge on any atom is -0.315 e. The molecule has 2 aliphatic rings. The summed E-state index contributed by atoms with van der Waals surface area (Å²) >= 11 is 3.80. The molecule has 1 heterocycles. The molecule has 0 bridgehead atoms. The average Bonchev–Trinajstić information content (AvgIpc) is 3.17. The van der Waals surface area contributed by atoms with E-state index in [1.54, 1.807) is 4.90 Å². The molecule has 3 rings (SSSR count). The number of carbonyl (C=O) groups excluding carboxylic acids is 1. The van der Waals surface area contributed by atoms with Gasteiger partial charge in [-0.25, -0.2) is 0 Å². The third-order valence-electron chi connectivity index (χ3n) is 4.05. The van der Waals surface area contributed by atoms with Crippen molar-refractivity contribution in [3.8, 4) is 0 Å². The van der Waals surface area contributed by atoms with Crippen LogP contribution in [0.25, 0.3) is 0 Å². The SMILES string of the molecule is CN1C(=O)CCc2cc(C(Br)CC3CC3)ccc21. The molecule has 1 saturated carbocycles. The van der Waals surface area contributed by atoms with E-state index in [2.05, 4.69) is 34.1 Å². The maximum atomic E-state index is 11.6. The van der Waals surface area contributed by atoms with Gasteiger partial charge in [-0.3, -0.25) is 4.79 Å². The van der Waals surface area contributed by atoms with Crippen molar-refractivity contribution in [2.75, 3.05) is 11.9 Å². The van der Waals surface area contributed by atoms with Crippen LogP contribution in [0.3, 0.4) is 0 Å². The number of benzene rings is 1. The van der Waals surface area contributed by atoms with Gasteiger partial charge in [-0.15, -0.1) is 0 Å². The Kier molecular flexibility index (Phi) is 3.18. The lowest BCUT2D eigenvalue weighted by Crippen LogP contribution is -2.31. The summed E-state index contributed by atoms with van der Waals surface area (Å²) in [6, 6.07) is 6.54. The average molecular weight is 308 g/mol. The monoisotopic (exact) mass is 307 g/mol. The van der Waals surface area contributed by atoms with Crippen LogP contribution in [-0.4, -0.2) is 13.0 Å². The second-order valence-electron chi connectivity index (χ2n) is 5.49. The van der Waals surface area contributed by atoms with E-state index in [9.17, 15) is 4.79 Å². The molecule has 0 aromatic heterocycles. The van der Waals surface area contributed by atoms with Crippen molar-refractivity contribution in [1.29, 1.82) is 0 Å². The summed E-state index contributed by atoms with van der Waals surface area (Å²) in [5.41, 5.74) is 3.76. The van der Waals surface area contributed by atoms with Crippen LogP contribution >= 0.6 is 15.9 Å². The minimum atomic E-state index is 0.226. The van der Waals surface area contributed by atoms with E-state index in [4.69, 9.17) is 0 Å². The zero-order chi connectivity index (χ0) is 12.7. The van der Waals surface area contributed by atoms with Gasteiger partial charge in [0.15, 0.2) is 0 Å². The first kappa shape index (κ1) is 12.2. The van der Waals surface area contributed by atoms with Gasteiger partial charge in [-0.05, 0) is 36.0 Å². The largest absolute Gasteiger partial charge is 0.315 e. The molecule has 1 aromatic rings. The molecule has 1 amide bonds. The number of anilines is 1. The molecule has 0 radical (unpaired) electrons. The Morgan fingerprint density at radius 1 is 1.39 bits per heavy atom. The molecule has 1 fully saturated rings. The van der Waals surface area contributed by atoms with Gasteiger partial charge in [-0.2, -0.15) is 0 Å². The summed E-state index contributed by atoms with van der Waals surface area (Å²) in [7, 11) is 1.87. The quantitative estimate of drug-likeness (QED) is 0.777. The van der Waals surface area contributed by atoms with E-state index in [1.165, 1.54) is 30.4 Å². The van der Waals surface area contributed by atoms with Crippen LogP contribution in [-0.2, 0) is 11.2 Å². The van der Waals surface area contributed by atoms with E-state index < -0.39 is 0 Å². The second kappa shape index (κ2) is 4.69. The fourth-order valence-electron chi connectivity index (χ4n) is 2.65. The molecular weight excluding hydrogens is 290 g/mol. The minimum absolute atomic E-state index is 0.226. The van der Waals surface area contributed by atoms with Crippen LogP contribution < -0.4 is 4.90 Å². The third kappa shape index (κ3) is 2.33. The second-order valence-corrected chi connectivity index (χ2v) is 6.59. The smallest absolute Gasteiger partial charge is 0.227 e. The summed E-state index contributed by atoms with van der Waals surface area (Å²) < 4.78 is 0. The predicted molar refractivity (Wildman–Crippen MR) is 77.2 cm³/mol. The Morgan fingerprint density at radius 3 is 2.89 bits per heavy atom. The number of rotatable bonds is 3. The number of hydrogen-bond acceptors (Lipinski definition) is 1. The summed E-state index contributed by atoms with van der Waals surface area (Å²) in [6.07, 6.45) is 5.56. The zero-order valence-electron chi connectivity index (χ0n) is 10.7. The standard InChI is InChI=1S/C15H18BrNO/c1-17-14-6-4-11(13(16)8-10-2-3-10)9-12(14)5-7-15(17)18/h4,6,9-10,13H,2-3,5,7-8H2,1H3. The molecule has 0 N–H and O–H groups in total. The van der Waals surface area contributed by atoms with Crippen LogP contribution in [0.1, 0.15) is 41.6 Å². The molecular formula is C15H18BrNO. The Labute approximate surface area is 116 Å². The van der Waals surface area contributed by atoms with Crippen molar-refractivity contribution < 1.29 is 4.79 Å². The Bertz CT molecular complexity index is 481. The molecule has 1 aromatic carbocycles. The Morgan fingerprint density at radius 2 is 2.17 bits per heavy atom. The van der Waals surface area contributed by atoms with Gasteiger partial charge in [0, 0.05) is 24.0 Å². The van der Waals surface area contributed by atoms with Crippen molar-refractivity contribution in [3.05, 3.63) is 29.3 Å². The molecule has 1 aliphatic heterocycles. The van der Waals surface area contributed by atoms with Gasteiger partial charge in [0.2, 0.25) is 5.91 Å². The number of carbonyl (C=O) groups is 1. The van der Waals surface area contributed by atoms with Crippen LogP contribution in [0.4, 0.5) is 5.69 Å². The topological polar surface area (TPSA) is 20.3 Å². The summed E-state index contributed by atoms with van der Waals surface area (Å²) in [5, 5.41) is 0. The van der Waals surface area contributed by atoms with Crippen LogP contribution in [0.2, 0.25) is 0 Å². The van der Waals surface area contributed by atoms with Crippen LogP contribution in [0.5, 0.6) is 0 Å². The first-order chi connectivity index (χ1) is 8.65. The maximum absolute atomic E-state index is 11.6. The molecule has 18 heavy (non-hydrogen) atoms. The lowest BCUT2D eigenvalue weighted by Gasteiger charge is -2.26. The fraction of sp³-hybridized carbons (Fsp3) is 0.533. The highest BCUT2D eigenvalue weighted by atomic mass is 79.9. The molecule has 1 unspecified atom stereocenters. The van der Waals surface area contributed by atoms with Gasteiger partial charge in [0.05, 0.1) is 0 Å². The number of nitrogens with zero attached hydrogens (tertiary/aromatic N) is 1. The number of hydrogen-bond donors (Lipinski definition) is 0.